The number of rotatable bonds is 6. The standard InChI is InChI=1S/C25H28IN7O3S/c1-13(2)20(18-11-33(26)31-30-18)23(35)32-10-17(34)9-19(32)22-28-24(36)25(4,29-22)16-7-5-15(6-8-16)21-14(3)27-12-37-21/h5-8,11-13,17,19-20,34H,9-10H2,1-4H3,(H,28,29,36). The Balaban J connectivity index is 1.43. The summed E-state index contributed by atoms with van der Waals surface area (Å²) in [5, 5.41) is 21.6. The van der Waals surface area contributed by atoms with E-state index in [2.05, 4.69) is 20.6 Å². The number of carbonyl (C=O) groups excluding carboxylic acids is 2. The SMILES string of the molecule is Cc1ncsc1-c1ccc(C2(C)N=C(C3CC(O)CN3C(=O)C(c3cn(I)nn3)C(C)C)NC2=O)cc1. The molecule has 0 aliphatic carbocycles. The number of aromatic nitrogens is 4. The maximum absolute atomic E-state index is 13.8. The molecule has 0 saturated carbocycles. The molecular weight excluding hydrogens is 605 g/mol. The van der Waals surface area contributed by atoms with Crippen molar-refractivity contribution >= 4 is 51.9 Å². The van der Waals surface area contributed by atoms with Crippen LogP contribution in [0.3, 0.4) is 0 Å². The lowest BCUT2D eigenvalue weighted by Gasteiger charge is -2.29. The van der Waals surface area contributed by atoms with E-state index in [0.29, 0.717) is 18.0 Å². The number of nitrogens with zero attached hydrogens (tertiary/aromatic N) is 6. The van der Waals surface area contributed by atoms with E-state index in [4.69, 9.17) is 4.99 Å². The van der Waals surface area contributed by atoms with Gasteiger partial charge in [0.1, 0.15) is 5.84 Å². The van der Waals surface area contributed by atoms with Crippen LogP contribution in [0.2, 0.25) is 0 Å². The van der Waals surface area contributed by atoms with Crippen molar-refractivity contribution < 1.29 is 14.7 Å². The Kier molecular flexibility index (Phi) is 6.92. The molecule has 0 bridgehead atoms. The van der Waals surface area contributed by atoms with Gasteiger partial charge in [0.15, 0.2) is 5.54 Å². The van der Waals surface area contributed by atoms with Crippen LogP contribution in [0, 0.1) is 12.8 Å². The van der Waals surface area contributed by atoms with E-state index in [1.165, 1.54) is 0 Å². The average molecular weight is 634 g/mol. The molecule has 0 radical (unpaired) electrons. The molecule has 10 nitrogen and oxygen atoms in total. The molecule has 37 heavy (non-hydrogen) atoms. The smallest absolute Gasteiger partial charge is 0.257 e. The van der Waals surface area contributed by atoms with Gasteiger partial charge in [-0.1, -0.05) is 43.3 Å². The van der Waals surface area contributed by atoms with Gasteiger partial charge < -0.3 is 15.3 Å². The molecule has 2 N–H and O–H groups in total. The van der Waals surface area contributed by atoms with Crippen LogP contribution in [-0.2, 0) is 15.1 Å². The summed E-state index contributed by atoms with van der Waals surface area (Å²) in [4.78, 5) is 38.8. The van der Waals surface area contributed by atoms with Crippen molar-refractivity contribution in [2.24, 2.45) is 10.9 Å². The van der Waals surface area contributed by atoms with Crippen molar-refractivity contribution in [1.29, 1.82) is 0 Å². The first-order chi connectivity index (χ1) is 17.6. The summed E-state index contributed by atoms with van der Waals surface area (Å²) in [6, 6.07) is 7.24. The van der Waals surface area contributed by atoms with Crippen LogP contribution in [-0.4, -0.2) is 64.5 Å². The maximum Gasteiger partial charge on any atom is 0.257 e. The zero-order valence-corrected chi connectivity index (χ0v) is 23.9. The number of benzene rings is 1. The lowest BCUT2D eigenvalue weighted by atomic mass is 9.91. The largest absolute Gasteiger partial charge is 0.391 e. The average Bonchev–Trinajstić information content (AvgIpc) is 3.62. The minimum Gasteiger partial charge on any atom is -0.391 e. The van der Waals surface area contributed by atoms with Gasteiger partial charge in [0.2, 0.25) is 5.91 Å². The third kappa shape index (κ3) is 4.70. The third-order valence-electron chi connectivity index (χ3n) is 7.10. The normalized spacial score (nSPS) is 24.5. The van der Waals surface area contributed by atoms with Crippen molar-refractivity contribution in [2.75, 3.05) is 6.54 Å². The number of likely N-dealkylation sites (tertiary alicyclic amines) is 1. The van der Waals surface area contributed by atoms with Crippen LogP contribution in [0.25, 0.3) is 10.4 Å². The molecular formula is C25H28IN7O3S. The van der Waals surface area contributed by atoms with E-state index in [-0.39, 0.29) is 24.3 Å². The van der Waals surface area contributed by atoms with Gasteiger partial charge >= 0.3 is 0 Å². The first-order valence-corrected chi connectivity index (χ1v) is 13.9. The topological polar surface area (TPSA) is 126 Å². The van der Waals surface area contributed by atoms with E-state index in [1.54, 1.807) is 32.3 Å². The molecule has 1 fully saturated rings. The number of β-amino-alcohol motifs (C(OH)–C–C–N with tert-alkyl or cyclic N) is 1. The molecule has 12 heteroatoms. The fourth-order valence-electron chi connectivity index (χ4n) is 5.08. The van der Waals surface area contributed by atoms with Gasteiger partial charge in [0.25, 0.3) is 5.91 Å². The number of halogens is 1. The summed E-state index contributed by atoms with van der Waals surface area (Å²) >= 11 is 3.57. The van der Waals surface area contributed by atoms with Crippen LogP contribution in [0.4, 0.5) is 0 Å². The Morgan fingerprint density at radius 3 is 2.62 bits per heavy atom. The monoisotopic (exact) mass is 633 g/mol. The van der Waals surface area contributed by atoms with Gasteiger partial charge in [0.05, 0.1) is 68.9 Å². The number of amidine groups is 1. The van der Waals surface area contributed by atoms with Crippen LogP contribution >= 0.6 is 34.2 Å². The highest BCUT2D eigenvalue weighted by atomic mass is 127. The summed E-state index contributed by atoms with van der Waals surface area (Å²) in [7, 11) is 0. The molecule has 1 aromatic carbocycles. The van der Waals surface area contributed by atoms with E-state index in [1.807, 2.05) is 73.4 Å². The highest BCUT2D eigenvalue weighted by molar-refractivity contribution is 14.1. The Bertz CT molecular complexity index is 1370. The van der Waals surface area contributed by atoms with E-state index in [0.717, 1.165) is 21.7 Å². The number of aliphatic hydroxyl groups excluding tert-OH is 1. The summed E-state index contributed by atoms with van der Waals surface area (Å²) < 4.78 is 1.54. The molecule has 0 spiro atoms. The Morgan fingerprint density at radius 2 is 2.03 bits per heavy atom. The van der Waals surface area contributed by atoms with Crippen LogP contribution < -0.4 is 5.32 Å². The molecule has 5 rings (SSSR count). The second-order valence-electron chi connectivity index (χ2n) is 10.0. The van der Waals surface area contributed by atoms with Crippen LogP contribution in [0.15, 0.2) is 41.0 Å². The van der Waals surface area contributed by atoms with Crippen molar-refractivity contribution in [3.8, 4) is 10.4 Å². The first kappa shape index (κ1) is 25.9. The predicted octanol–water partition coefficient (Wildman–Crippen LogP) is 3.05. The zero-order valence-electron chi connectivity index (χ0n) is 20.9. The van der Waals surface area contributed by atoms with Crippen molar-refractivity contribution in [1.82, 2.24) is 28.4 Å². The lowest BCUT2D eigenvalue weighted by molar-refractivity contribution is -0.134. The number of aryl methyl sites for hydroxylation is 1. The summed E-state index contributed by atoms with van der Waals surface area (Å²) in [6.07, 6.45) is 1.32. The van der Waals surface area contributed by atoms with E-state index in [9.17, 15) is 14.7 Å². The second-order valence-corrected chi connectivity index (χ2v) is 11.9. The molecule has 4 unspecified atom stereocenters. The number of amides is 2. The third-order valence-corrected chi connectivity index (χ3v) is 8.55. The number of nitrogens with one attached hydrogen (secondary N) is 1. The minimum atomic E-state index is -1.14. The molecule has 2 aliphatic rings. The molecule has 4 atom stereocenters. The molecule has 1 saturated heterocycles. The van der Waals surface area contributed by atoms with Gasteiger partial charge in [-0.05, 0) is 30.9 Å². The number of aliphatic imine (C=N–C) groups is 1. The summed E-state index contributed by atoms with van der Waals surface area (Å²) in [6.45, 7) is 7.83. The van der Waals surface area contributed by atoms with Crippen molar-refractivity contribution in [3.05, 3.63) is 52.9 Å². The Hall–Kier alpha value is -2.71. The Morgan fingerprint density at radius 1 is 1.30 bits per heavy atom. The highest BCUT2D eigenvalue weighted by Crippen LogP contribution is 2.36. The van der Waals surface area contributed by atoms with Crippen LogP contribution in [0.1, 0.15) is 50.1 Å². The number of carbonyl (C=O) groups is 2. The number of aliphatic hydroxyl groups is 1. The molecule has 3 aromatic rings. The molecule has 194 valence electrons. The van der Waals surface area contributed by atoms with Crippen LogP contribution in [0.5, 0.6) is 0 Å². The fraction of sp³-hybridized carbons (Fsp3) is 0.440. The molecule has 2 aromatic heterocycles. The fourth-order valence-corrected chi connectivity index (χ4v) is 6.28. The number of hydrogen-bond donors (Lipinski definition) is 2. The summed E-state index contributed by atoms with van der Waals surface area (Å²) in [5.74, 6) is -0.581. The van der Waals surface area contributed by atoms with Gasteiger partial charge in [-0.25, -0.2) is 9.98 Å². The number of thiazole rings is 1. The van der Waals surface area contributed by atoms with Crippen molar-refractivity contribution in [2.45, 2.75) is 57.7 Å². The van der Waals surface area contributed by atoms with Gasteiger partial charge in [0, 0.05) is 13.0 Å². The predicted molar refractivity (Wildman–Crippen MR) is 148 cm³/mol. The first-order valence-electron chi connectivity index (χ1n) is 12.1. The quantitative estimate of drug-likeness (QED) is 0.402. The molecule has 2 aliphatic heterocycles. The minimum absolute atomic E-state index is 0.0370. The number of hydrogen-bond acceptors (Lipinski definition) is 8. The van der Waals surface area contributed by atoms with Gasteiger partial charge in [-0.3, -0.25) is 9.59 Å². The maximum atomic E-state index is 13.8. The zero-order chi connectivity index (χ0) is 26.5. The van der Waals surface area contributed by atoms with E-state index >= 15 is 0 Å². The van der Waals surface area contributed by atoms with Gasteiger partial charge in [-0.15, -0.1) is 16.4 Å². The highest BCUT2D eigenvalue weighted by Gasteiger charge is 2.48. The van der Waals surface area contributed by atoms with Crippen molar-refractivity contribution in [3.63, 3.8) is 0 Å². The Labute approximate surface area is 232 Å². The molecule has 2 amide bonds. The molecule has 4 heterocycles. The van der Waals surface area contributed by atoms with E-state index < -0.39 is 23.6 Å². The lowest BCUT2D eigenvalue weighted by Crippen LogP contribution is -2.48. The second kappa shape index (κ2) is 9.87. The van der Waals surface area contributed by atoms with Gasteiger partial charge in [-0.2, -0.15) is 2.90 Å². The summed E-state index contributed by atoms with van der Waals surface area (Å²) in [5.41, 5.74) is 4.01.